The second kappa shape index (κ2) is 6.61. The van der Waals surface area contributed by atoms with Crippen molar-refractivity contribution < 1.29 is 4.39 Å². The van der Waals surface area contributed by atoms with E-state index in [1.165, 1.54) is 0 Å². The highest BCUT2D eigenvalue weighted by atomic mass is 19.1. The van der Waals surface area contributed by atoms with Crippen LogP contribution in [0.2, 0.25) is 0 Å². The van der Waals surface area contributed by atoms with Crippen LogP contribution in [-0.2, 0) is 6.54 Å². The number of nitrogens with one attached hydrogen (secondary N) is 1. The number of likely N-dealkylation sites (N-methyl/N-ethyl adjacent to an activating group) is 2. The van der Waals surface area contributed by atoms with E-state index in [2.05, 4.69) is 17.1 Å². The summed E-state index contributed by atoms with van der Waals surface area (Å²) in [6.45, 7) is 7.59. The van der Waals surface area contributed by atoms with Gasteiger partial charge in [0.1, 0.15) is 5.82 Å². The number of hydrogen-bond donors (Lipinski definition) is 1. The Morgan fingerprint density at radius 3 is 2.81 bits per heavy atom. The molecule has 0 aromatic heterocycles. The second-order valence-corrected chi connectivity index (χ2v) is 4.19. The molecule has 1 N–H and O–H groups in total. The maximum atomic E-state index is 13.5. The summed E-state index contributed by atoms with van der Waals surface area (Å²) in [5.74, 6) is -0.110. The topological polar surface area (TPSA) is 15.3 Å². The maximum Gasteiger partial charge on any atom is 0.127 e. The third-order valence-electron chi connectivity index (χ3n) is 2.56. The molecule has 1 rings (SSSR count). The molecule has 16 heavy (non-hydrogen) atoms. The molecule has 1 aromatic rings. The van der Waals surface area contributed by atoms with Gasteiger partial charge in [0.15, 0.2) is 0 Å². The van der Waals surface area contributed by atoms with Gasteiger partial charge in [-0.1, -0.05) is 24.6 Å². The van der Waals surface area contributed by atoms with Crippen molar-refractivity contribution in [1.29, 1.82) is 0 Å². The van der Waals surface area contributed by atoms with Crippen molar-refractivity contribution in [1.82, 2.24) is 10.2 Å². The molecule has 2 nitrogen and oxygen atoms in total. The lowest BCUT2D eigenvalue weighted by Crippen LogP contribution is -2.29. The Morgan fingerprint density at radius 2 is 2.12 bits per heavy atom. The normalized spacial score (nSPS) is 11.1. The minimum Gasteiger partial charge on any atom is -0.316 e. The first-order valence-corrected chi connectivity index (χ1v) is 5.77. The molecule has 0 bridgehead atoms. The molecule has 0 aliphatic rings. The van der Waals surface area contributed by atoms with Gasteiger partial charge in [-0.25, -0.2) is 4.39 Å². The van der Waals surface area contributed by atoms with E-state index >= 15 is 0 Å². The quantitative estimate of drug-likeness (QED) is 0.745. The molecule has 1 aromatic carbocycles. The number of rotatable bonds is 6. The van der Waals surface area contributed by atoms with E-state index in [0.29, 0.717) is 6.54 Å². The number of hydrogen-bond acceptors (Lipinski definition) is 2. The fourth-order valence-corrected chi connectivity index (χ4v) is 1.64. The molecule has 0 unspecified atom stereocenters. The molecule has 0 amide bonds. The second-order valence-electron chi connectivity index (χ2n) is 4.19. The summed E-state index contributed by atoms with van der Waals surface area (Å²) in [5, 5.41) is 3.26. The predicted octanol–water partition coefficient (Wildman–Crippen LogP) is 2.18. The zero-order valence-electron chi connectivity index (χ0n) is 10.4. The van der Waals surface area contributed by atoms with E-state index in [1.807, 2.05) is 20.0 Å². The summed E-state index contributed by atoms with van der Waals surface area (Å²) in [7, 11) is 2.01. The summed E-state index contributed by atoms with van der Waals surface area (Å²) in [5.41, 5.74) is 1.88. The van der Waals surface area contributed by atoms with Crippen LogP contribution in [0.1, 0.15) is 18.1 Å². The zero-order valence-corrected chi connectivity index (χ0v) is 10.4. The van der Waals surface area contributed by atoms with E-state index in [9.17, 15) is 4.39 Å². The monoisotopic (exact) mass is 224 g/mol. The van der Waals surface area contributed by atoms with Gasteiger partial charge < -0.3 is 10.2 Å². The Balaban J connectivity index is 2.48. The van der Waals surface area contributed by atoms with Crippen LogP contribution in [0.3, 0.4) is 0 Å². The molecule has 0 saturated carbocycles. The summed E-state index contributed by atoms with van der Waals surface area (Å²) in [6, 6.07) is 5.26. The maximum absolute atomic E-state index is 13.5. The molecular weight excluding hydrogens is 203 g/mol. The van der Waals surface area contributed by atoms with Crippen LogP contribution in [0.4, 0.5) is 4.39 Å². The van der Waals surface area contributed by atoms with Crippen LogP contribution >= 0.6 is 0 Å². The van der Waals surface area contributed by atoms with Crippen LogP contribution in [0.5, 0.6) is 0 Å². The predicted molar refractivity (Wildman–Crippen MR) is 66.0 cm³/mol. The van der Waals surface area contributed by atoms with Gasteiger partial charge in [-0.15, -0.1) is 0 Å². The average molecular weight is 224 g/mol. The van der Waals surface area contributed by atoms with E-state index in [-0.39, 0.29) is 5.82 Å². The lowest BCUT2D eigenvalue weighted by molar-refractivity contribution is 0.320. The molecule has 0 spiro atoms. The molecule has 3 heteroatoms. The SMILES string of the molecule is CCNCCN(C)Cc1cc(C)ccc1F. The average Bonchev–Trinajstić information content (AvgIpc) is 2.24. The van der Waals surface area contributed by atoms with Crippen molar-refractivity contribution in [2.45, 2.75) is 20.4 Å². The van der Waals surface area contributed by atoms with Crippen LogP contribution in [0.25, 0.3) is 0 Å². The smallest absolute Gasteiger partial charge is 0.127 e. The standard InChI is InChI=1S/C13H21FN2/c1-4-15-7-8-16(3)10-12-9-11(2)5-6-13(12)14/h5-6,9,15H,4,7-8,10H2,1-3H3. The van der Waals surface area contributed by atoms with Crippen molar-refractivity contribution in [3.05, 3.63) is 35.1 Å². The number of aryl methyl sites for hydroxylation is 1. The first kappa shape index (κ1) is 13.1. The van der Waals surface area contributed by atoms with Gasteiger partial charge in [0, 0.05) is 25.2 Å². The van der Waals surface area contributed by atoms with Crippen LogP contribution in [0, 0.1) is 12.7 Å². The molecule has 0 heterocycles. The van der Waals surface area contributed by atoms with Crippen molar-refractivity contribution in [3.8, 4) is 0 Å². The Hall–Kier alpha value is -0.930. The minimum absolute atomic E-state index is 0.110. The third-order valence-corrected chi connectivity index (χ3v) is 2.56. The summed E-state index contributed by atoms with van der Waals surface area (Å²) in [4.78, 5) is 2.13. The first-order chi connectivity index (χ1) is 7.63. The molecule has 0 fully saturated rings. The lowest BCUT2D eigenvalue weighted by atomic mass is 10.1. The Morgan fingerprint density at radius 1 is 1.38 bits per heavy atom. The van der Waals surface area contributed by atoms with Gasteiger partial charge >= 0.3 is 0 Å². The minimum atomic E-state index is -0.110. The number of halogens is 1. The van der Waals surface area contributed by atoms with Crippen molar-refractivity contribution >= 4 is 0 Å². The van der Waals surface area contributed by atoms with Gasteiger partial charge in [-0.3, -0.25) is 0 Å². The van der Waals surface area contributed by atoms with Crippen molar-refractivity contribution in [3.63, 3.8) is 0 Å². The largest absolute Gasteiger partial charge is 0.316 e. The van der Waals surface area contributed by atoms with Crippen molar-refractivity contribution in [2.24, 2.45) is 0 Å². The summed E-state index contributed by atoms with van der Waals surface area (Å²) < 4.78 is 13.5. The van der Waals surface area contributed by atoms with Crippen molar-refractivity contribution in [2.75, 3.05) is 26.7 Å². The molecule has 0 aliphatic carbocycles. The van der Waals surface area contributed by atoms with Gasteiger partial charge in [0.2, 0.25) is 0 Å². The van der Waals surface area contributed by atoms with Crippen LogP contribution < -0.4 is 5.32 Å². The molecule has 90 valence electrons. The van der Waals surface area contributed by atoms with Crippen LogP contribution in [-0.4, -0.2) is 31.6 Å². The fourth-order valence-electron chi connectivity index (χ4n) is 1.64. The fraction of sp³-hybridized carbons (Fsp3) is 0.538. The zero-order chi connectivity index (χ0) is 12.0. The number of nitrogens with zero attached hydrogens (tertiary/aromatic N) is 1. The summed E-state index contributed by atoms with van der Waals surface area (Å²) >= 11 is 0. The Kier molecular flexibility index (Phi) is 5.43. The van der Waals surface area contributed by atoms with Gasteiger partial charge in [-0.05, 0) is 26.6 Å². The summed E-state index contributed by atoms with van der Waals surface area (Å²) in [6.07, 6.45) is 0. The molecule has 0 radical (unpaired) electrons. The van der Waals surface area contributed by atoms with E-state index in [4.69, 9.17) is 0 Å². The van der Waals surface area contributed by atoms with E-state index < -0.39 is 0 Å². The highest BCUT2D eigenvalue weighted by Crippen LogP contribution is 2.11. The van der Waals surface area contributed by atoms with E-state index in [0.717, 1.165) is 30.8 Å². The van der Waals surface area contributed by atoms with E-state index in [1.54, 1.807) is 12.1 Å². The van der Waals surface area contributed by atoms with Crippen LogP contribution in [0.15, 0.2) is 18.2 Å². The van der Waals surface area contributed by atoms with Gasteiger partial charge in [0.25, 0.3) is 0 Å². The van der Waals surface area contributed by atoms with Gasteiger partial charge in [0.05, 0.1) is 0 Å². The molecular formula is C13H21FN2. The van der Waals surface area contributed by atoms with Gasteiger partial charge in [-0.2, -0.15) is 0 Å². The number of benzene rings is 1. The first-order valence-electron chi connectivity index (χ1n) is 5.77. The molecule has 0 atom stereocenters. The molecule has 0 saturated heterocycles. The molecule has 0 aliphatic heterocycles. The third kappa shape index (κ3) is 4.29. The Labute approximate surface area is 97.5 Å². The highest BCUT2D eigenvalue weighted by molar-refractivity contribution is 5.23. The lowest BCUT2D eigenvalue weighted by Gasteiger charge is -2.17. The highest BCUT2D eigenvalue weighted by Gasteiger charge is 2.05. The Bertz CT molecular complexity index is 326.